The Morgan fingerprint density at radius 2 is 1.93 bits per heavy atom. The molecule has 3 heterocycles. The molecule has 0 aliphatic heterocycles. The summed E-state index contributed by atoms with van der Waals surface area (Å²) in [6.45, 7) is 4.43. The average molecular weight is 415 g/mol. The van der Waals surface area contributed by atoms with Crippen LogP contribution in [0, 0.1) is 5.82 Å². The Bertz CT molecular complexity index is 1260. The topological polar surface area (TPSA) is 96.7 Å². The minimum atomic E-state index is -0.435. The third-order valence-corrected chi connectivity index (χ3v) is 4.99. The molecule has 0 radical (unpaired) electrons. The highest BCUT2D eigenvalue weighted by Gasteiger charge is 2.23. The van der Waals surface area contributed by atoms with E-state index in [4.69, 9.17) is 14.0 Å². The summed E-state index contributed by atoms with van der Waals surface area (Å²) in [4.78, 5) is 22.3. The second-order valence-corrected chi connectivity index (χ2v) is 7.24. The van der Waals surface area contributed by atoms with Crippen LogP contribution in [0.1, 0.15) is 31.7 Å². The Morgan fingerprint density at radius 1 is 1.17 bits per heavy atom. The van der Waals surface area contributed by atoms with Gasteiger partial charge in [0.05, 0.1) is 36.2 Å². The highest BCUT2D eigenvalue weighted by molar-refractivity contribution is 5.83. The molecule has 4 rings (SSSR count). The lowest BCUT2D eigenvalue weighted by Gasteiger charge is -2.18. The van der Waals surface area contributed by atoms with Crippen LogP contribution >= 0.6 is 0 Å². The lowest BCUT2D eigenvalue weighted by Crippen LogP contribution is -2.28. The quantitative estimate of drug-likeness (QED) is 0.458. The molecule has 1 aromatic carbocycles. The molecule has 9 nitrogen and oxygen atoms in total. The van der Waals surface area contributed by atoms with E-state index in [0.29, 0.717) is 29.2 Å². The van der Waals surface area contributed by atoms with Crippen LogP contribution in [0.25, 0.3) is 28.1 Å². The van der Waals surface area contributed by atoms with Crippen molar-refractivity contribution in [1.29, 1.82) is 0 Å². The Labute approximate surface area is 171 Å². The third kappa shape index (κ3) is 3.27. The van der Waals surface area contributed by atoms with Crippen molar-refractivity contribution in [3.8, 4) is 11.5 Å². The van der Waals surface area contributed by atoms with E-state index in [1.165, 1.54) is 23.0 Å². The van der Waals surface area contributed by atoms with E-state index >= 15 is 0 Å². The minimum Gasteiger partial charge on any atom is -0.384 e. The number of fused-ring (bicyclic) bond motifs is 3. The van der Waals surface area contributed by atoms with E-state index in [9.17, 15) is 9.18 Å². The molecule has 0 amide bonds. The predicted molar refractivity (Wildman–Crippen MR) is 107 cm³/mol. The van der Waals surface area contributed by atoms with Gasteiger partial charge in [-0.05, 0) is 25.1 Å². The monoisotopic (exact) mass is 415 g/mol. The van der Waals surface area contributed by atoms with Gasteiger partial charge in [0.1, 0.15) is 23.4 Å². The number of rotatable bonds is 7. The van der Waals surface area contributed by atoms with Crippen molar-refractivity contribution in [3.05, 3.63) is 46.6 Å². The van der Waals surface area contributed by atoms with Gasteiger partial charge >= 0.3 is 0 Å². The zero-order valence-electron chi connectivity index (χ0n) is 17.1. The molecule has 30 heavy (non-hydrogen) atoms. The van der Waals surface area contributed by atoms with Crippen LogP contribution in [0.4, 0.5) is 4.39 Å². The maximum absolute atomic E-state index is 14.0. The number of methoxy groups -OCH3 is 2. The molecule has 158 valence electrons. The van der Waals surface area contributed by atoms with Crippen molar-refractivity contribution in [2.24, 2.45) is 0 Å². The maximum Gasteiger partial charge on any atom is 0.278 e. The number of imidazole rings is 1. The maximum atomic E-state index is 14.0. The predicted octanol–water partition coefficient (Wildman–Crippen LogP) is 2.80. The van der Waals surface area contributed by atoms with E-state index in [0.717, 1.165) is 0 Å². The lowest BCUT2D eigenvalue weighted by molar-refractivity contribution is 0.162. The van der Waals surface area contributed by atoms with E-state index < -0.39 is 5.82 Å². The number of hydrogen-bond acceptors (Lipinski definition) is 7. The summed E-state index contributed by atoms with van der Waals surface area (Å²) in [5, 5.41) is 4.01. The van der Waals surface area contributed by atoms with Crippen molar-refractivity contribution in [3.63, 3.8) is 0 Å². The standard InChI is InChI=1S/C20H22FN5O4/c1-11(8-28-3)19-23-18(24-30-19)16-17-20(27)26(12(2)9-29-4)15-7-13(21)5-6-14(15)25(17)10-22-16/h5-7,10-12H,8-9H2,1-4H3. The van der Waals surface area contributed by atoms with Crippen molar-refractivity contribution in [2.75, 3.05) is 27.4 Å². The van der Waals surface area contributed by atoms with Gasteiger partial charge in [0.25, 0.3) is 5.56 Å². The molecule has 0 bridgehead atoms. The van der Waals surface area contributed by atoms with Gasteiger partial charge in [-0.3, -0.25) is 13.8 Å². The van der Waals surface area contributed by atoms with Gasteiger partial charge in [-0.2, -0.15) is 4.98 Å². The number of hydrogen-bond donors (Lipinski definition) is 0. The molecular formula is C20H22FN5O4. The molecule has 3 aromatic heterocycles. The molecule has 0 fully saturated rings. The molecule has 0 spiro atoms. The first kappa shape index (κ1) is 20.2. The number of ether oxygens (including phenoxy) is 2. The summed E-state index contributed by atoms with van der Waals surface area (Å²) in [5.41, 5.74) is 1.31. The summed E-state index contributed by atoms with van der Waals surface area (Å²) in [6, 6.07) is 3.96. The van der Waals surface area contributed by atoms with Gasteiger partial charge in [0, 0.05) is 14.2 Å². The highest BCUT2D eigenvalue weighted by atomic mass is 19.1. The van der Waals surface area contributed by atoms with Crippen LogP contribution in [0.3, 0.4) is 0 Å². The number of benzene rings is 1. The minimum absolute atomic E-state index is 0.104. The molecule has 0 saturated carbocycles. The van der Waals surface area contributed by atoms with Crippen LogP contribution in [-0.2, 0) is 9.47 Å². The van der Waals surface area contributed by atoms with E-state index in [2.05, 4.69) is 15.1 Å². The zero-order chi connectivity index (χ0) is 21.4. The van der Waals surface area contributed by atoms with Crippen LogP contribution in [0.2, 0.25) is 0 Å². The van der Waals surface area contributed by atoms with E-state index in [-0.39, 0.29) is 35.5 Å². The van der Waals surface area contributed by atoms with Crippen LogP contribution in [0.5, 0.6) is 0 Å². The molecule has 0 N–H and O–H groups in total. The van der Waals surface area contributed by atoms with Crippen molar-refractivity contribution < 1.29 is 18.4 Å². The number of nitrogens with zero attached hydrogens (tertiary/aromatic N) is 5. The second kappa shape index (κ2) is 7.96. The van der Waals surface area contributed by atoms with Crippen molar-refractivity contribution >= 4 is 16.6 Å². The first-order valence-corrected chi connectivity index (χ1v) is 9.49. The molecular weight excluding hydrogens is 393 g/mol. The van der Waals surface area contributed by atoms with Gasteiger partial charge in [0.15, 0.2) is 0 Å². The largest absolute Gasteiger partial charge is 0.384 e. The normalized spacial score (nSPS) is 13.9. The van der Waals surface area contributed by atoms with Crippen molar-refractivity contribution in [2.45, 2.75) is 25.8 Å². The van der Waals surface area contributed by atoms with E-state index in [1.54, 1.807) is 24.7 Å². The fourth-order valence-electron chi connectivity index (χ4n) is 3.62. The molecule has 10 heteroatoms. The molecule has 2 unspecified atom stereocenters. The first-order valence-electron chi connectivity index (χ1n) is 9.49. The molecule has 0 saturated heterocycles. The fraction of sp³-hybridized carbons (Fsp3) is 0.400. The van der Waals surface area contributed by atoms with Crippen molar-refractivity contribution in [1.82, 2.24) is 24.1 Å². The fourth-order valence-corrected chi connectivity index (χ4v) is 3.62. The SMILES string of the molecule is COCC(C)c1nc(-c2ncn3c2c(=O)n(C(C)COC)c2cc(F)ccc23)no1. The van der Waals surface area contributed by atoms with Crippen LogP contribution < -0.4 is 5.56 Å². The Kier molecular flexibility index (Phi) is 5.35. The van der Waals surface area contributed by atoms with Crippen LogP contribution in [0.15, 0.2) is 33.8 Å². The summed E-state index contributed by atoms with van der Waals surface area (Å²) in [6.07, 6.45) is 1.51. The third-order valence-electron chi connectivity index (χ3n) is 4.99. The lowest BCUT2D eigenvalue weighted by atomic mass is 10.2. The smallest absolute Gasteiger partial charge is 0.278 e. The molecule has 4 aromatic rings. The van der Waals surface area contributed by atoms with E-state index in [1.807, 2.05) is 13.8 Å². The van der Waals surface area contributed by atoms with Gasteiger partial charge < -0.3 is 14.0 Å². The Hall–Kier alpha value is -3.11. The highest BCUT2D eigenvalue weighted by Crippen LogP contribution is 2.26. The Morgan fingerprint density at radius 3 is 2.67 bits per heavy atom. The summed E-state index contributed by atoms with van der Waals surface area (Å²) in [5.74, 6) is 0.0612. The first-order chi connectivity index (χ1) is 14.5. The average Bonchev–Trinajstić information content (AvgIpc) is 3.36. The summed E-state index contributed by atoms with van der Waals surface area (Å²) >= 11 is 0. The molecule has 0 aliphatic rings. The van der Waals surface area contributed by atoms with Gasteiger partial charge in [-0.25, -0.2) is 9.37 Å². The zero-order valence-corrected chi connectivity index (χ0v) is 17.1. The number of halogens is 1. The molecule has 0 aliphatic carbocycles. The van der Waals surface area contributed by atoms with Gasteiger partial charge in [-0.1, -0.05) is 12.1 Å². The summed E-state index contributed by atoms with van der Waals surface area (Å²) in [7, 11) is 3.14. The Balaban J connectivity index is 1.98. The second-order valence-electron chi connectivity index (χ2n) is 7.24. The summed E-state index contributed by atoms with van der Waals surface area (Å²) < 4.78 is 32.8. The van der Waals surface area contributed by atoms with Gasteiger partial charge in [-0.15, -0.1) is 0 Å². The van der Waals surface area contributed by atoms with Crippen LogP contribution in [-0.4, -0.2) is 51.5 Å². The number of aromatic nitrogens is 5. The molecule has 2 atom stereocenters. The van der Waals surface area contributed by atoms with Gasteiger partial charge in [0.2, 0.25) is 11.7 Å².